The fourth-order valence-electron chi connectivity index (χ4n) is 3.15. The van der Waals surface area contributed by atoms with Gasteiger partial charge in [0.2, 0.25) is 6.79 Å². The molecule has 1 aliphatic rings. The molecular weight excluding hydrogens is 392 g/mol. The molecule has 4 rings (SSSR count). The quantitative estimate of drug-likeness (QED) is 0.330. The highest BCUT2D eigenvalue weighted by Gasteiger charge is 2.18. The lowest BCUT2D eigenvalue weighted by Gasteiger charge is -2.06. The van der Waals surface area contributed by atoms with Gasteiger partial charge in [-0.1, -0.05) is 11.8 Å². The fraction of sp³-hybridized carbons (Fsp3) is 0.286. The summed E-state index contributed by atoms with van der Waals surface area (Å²) in [4.78, 5) is 29.2. The van der Waals surface area contributed by atoms with Crippen molar-refractivity contribution in [1.29, 1.82) is 0 Å². The zero-order valence-corrected chi connectivity index (χ0v) is 17.0. The largest absolute Gasteiger partial charge is 0.462 e. The number of hydrogen-bond acceptors (Lipinski definition) is 7. The molecule has 7 nitrogen and oxygen atoms in total. The van der Waals surface area contributed by atoms with Gasteiger partial charge in [-0.3, -0.25) is 4.79 Å². The van der Waals surface area contributed by atoms with Gasteiger partial charge in [0.1, 0.15) is 0 Å². The molecule has 0 radical (unpaired) electrons. The first-order chi connectivity index (χ1) is 14.1. The first-order valence-corrected chi connectivity index (χ1v) is 10.3. The molecule has 0 aliphatic carbocycles. The van der Waals surface area contributed by atoms with Gasteiger partial charge in [0.05, 0.1) is 29.0 Å². The summed E-state index contributed by atoms with van der Waals surface area (Å²) in [5.41, 5.74) is 2.66. The van der Waals surface area contributed by atoms with Crippen LogP contribution in [0.2, 0.25) is 0 Å². The molecule has 1 aliphatic heterocycles. The van der Waals surface area contributed by atoms with E-state index >= 15 is 0 Å². The number of fused-ring (bicyclic) bond motifs is 2. The number of Topliss-reactive ketones (excluding diaryl/α,β-unsaturated/α-hetero) is 1. The number of thioether (sulfide) groups is 1. The Balaban J connectivity index is 1.54. The lowest BCUT2D eigenvalue weighted by atomic mass is 10.1. The molecule has 1 aromatic heterocycles. The predicted octanol–water partition coefficient (Wildman–Crippen LogP) is 3.94. The fourth-order valence-corrected chi connectivity index (χ4v) is 4.12. The van der Waals surface area contributed by atoms with E-state index in [9.17, 15) is 9.59 Å². The summed E-state index contributed by atoms with van der Waals surface area (Å²) in [5, 5.41) is 0.734. The Hall–Kier alpha value is -3.00. The van der Waals surface area contributed by atoms with Gasteiger partial charge in [-0.05, 0) is 50.2 Å². The highest BCUT2D eigenvalue weighted by Crippen LogP contribution is 2.33. The van der Waals surface area contributed by atoms with Gasteiger partial charge >= 0.3 is 5.97 Å². The van der Waals surface area contributed by atoms with Crippen molar-refractivity contribution in [3.63, 3.8) is 0 Å². The molecular formula is C21H20N2O5S. The Kier molecular flexibility index (Phi) is 5.44. The van der Waals surface area contributed by atoms with E-state index < -0.39 is 0 Å². The van der Waals surface area contributed by atoms with Crippen LogP contribution in [-0.2, 0) is 11.3 Å². The highest BCUT2D eigenvalue weighted by atomic mass is 32.2. The van der Waals surface area contributed by atoms with E-state index in [0.717, 1.165) is 10.7 Å². The van der Waals surface area contributed by atoms with E-state index in [1.807, 2.05) is 17.6 Å². The topological polar surface area (TPSA) is 79.7 Å². The van der Waals surface area contributed by atoms with E-state index in [2.05, 4.69) is 4.98 Å². The van der Waals surface area contributed by atoms with E-state index in [4.69, 9.17) is 14.2 Å². The monoisotopic (exact) mass is 412 g/mol. The maximum absolute atomic E-state index is 12.6. The van der Waals surface area contributed by atoms with Crippen LogP contribution in [0, 0.1) is 0 Å². The number of carbonyl (C=O) groups is 2. The van der Waals surface area contributed by atoms with Gasteiger partial charge in [-0.2, -0.15) is 0 Å². The van der Waals surface area contributed by atoms with Crippen molar-refractivity contribution in [2.45, 2.75) is 25.5 Å². The standard InChI is InChI=1S/C21H20N2O5S/c1-3-23-16-7-5-14(20(25)26-4-2)9-15(16)22-21(23)29-11-17(24)13-6-8-18-19(10-13)28-12-27-18/h5-10H,3-4,11-12H2,1-2H3. The Bertz CT molecular complexity index is 1090. The Morgan fingerprint density at radius 1 is 1.10 bits per heavy atom. The van der Waals surface area contributed by atoms with Crippen molar-refractivity contribution >= 4 is 34.5 Å². The van der Waals surface area contributed by atoms with Crippen molar-refractivity contribution in [3.05, 3.63) is 47.5 Å². The van der Waals surface area contributed by atoms with Crippen LogP contribution in [-0.4, -0.2) is 40.5 Å². The normalized spacial score (nSPS) is 12.3. The minimum atomic E-state index is -0.368. The van der Waals surface area contributed by atoms with Crippen molar-refractivity contribution < 1.29 is 23.8 Å². The van der Waals surface area contributed by atoms with Gasteiger partial charge in [-0.25, -0.2) is 9.78 Å². The van der Waals surface area contributed by atoms with Gasteiger partial charge in [0, 0.05) is 12.1 Å². The molecule has 0 atom stereocenters. The van der Waals surface area contributed by atoms with Crippen LogP contribution in [0.5, 0.6) is 11.5 Å². The lowest BCUT2D eigenvalue weighted by Crippen LogP contribution is -2.05. The molecule has 8 heteroatoms. The summed E-state index contributed by atoms with van der Waals surface area (Å²) in [6.07, 6.45) is 0. The third kappa shape index (κ3) is 3.80. The maximum Gasteiger partial charge on any atom is 0.338 e. The van der Waals surface area contributed by atoms with Crippen LogP contribution in [0.1, 0.15) is 34.6 Å². The van der Waals surface area contributed by atoms with E-state index in [-0.39, 0.29) is 24.3 Å². The third-order valence-electron chi connectivity index (χ3n) is 4.57. The molecule has 2 aromatic carbocycles. The summed E-state index contributed by atoms with van der Waals surface area (Å²) < 4.78 is 17.7. The second-order valence-corrected chi connectivity index (χ2v) is 7.28. The van der Waals surface area contributed by atoms with Crippen molar-refractivity contribution in [1.82, 2.24) is 9.55 Å². The molecule has 0 saturated carbocycles. The van der Waals surface area contributed by atoms with Crippen molar-refractivity contribution in [3.8, 4) is 11.5 Å². The smallest absolute Gasteiger partial charge is 0.338 e. The summed E-state index contributed by atoms with van der Waals surface area (Å²) in [6, 6.07) is 10.5. The van der Waals surface area contributed by atoms with Gasteiger partial charge in [0.15, 0.2) is 22.4 Å². The maximum atomic E-state index is 12.6. The molecule has 0 unspecified atom stereocenters. The molecule has 0 bridgehead atoms. The molecule has 0 spiro atoms. The van der Waals surface area contributed by atoms with E-state index in [1.54, 1.807) is 37.3 Å². The average Bonchev–Trinajstić information content (AvgIpc) is 3.34. The molecule has 3 aromatic rings. The predicted molar refractivity (Wildman–Crippen MR) is 109 cm³/mol. The summed E-state index contributed by atoms with van der Waals surface area (Å²) in [5.74, 6) is 1.10. The van der Waals surface area contributed by atoms with Crippen LogP contribution in [0.25, 0.3) is 11.0 Å². The first kappa shape index (κ1) is 19.3. The molecule has 0 saturated heterocycles. The number of ether oxygens (including phenoxy) is 3. The molecule has 0 N–H and O–H groups in total. The summed E-state index contributed by atoms with van der Waals surface area (Å²) >= 11 is 1.37. The first-order valence-electron chi connectivity index (χ1n) is 9.33. The number of benzene rings is 2. The number of rotatable bonds is 7. The van der Waals surface area contributed by atoms with Crippen LogP contribution in [0.15, 0.2) is 41.6 Å². The minimum Gasteiger partial charge on any atom is -0.462 e. The van der Waals surface area contributed by atoms with Gasteiger partial charge < -0.3 is 18.8 Å². The number of ketones is 1. The van der Waals surface area contributed by atoms with E-state index in [1.165, 1.54) is 11.8 Å². The van der Waals surface area contributed by atoms with Crippen LogP contribution < -0.4 is 9.47 Å². The number of aromatic nitrogens is 2. The number of aryl methyl sites for hydroxylation is 1. The van der Waals surface area contributed by atoms with Gasteiger partial charge in [0.25, 0.3) is 0 Å². The number of imidazole rings is 1. The van der Waals surface area contributed by atoms with E-state index in [0.29, 0.717) is 41.3 Å². The van der Waals surface area contributed by atoms with Crippen LogP contribution >= 0.6 is 11.8 Å². The SMILES string of the molecule is CCOC(=O)c1ccc2c(c1)nc(SCC(=O)c1ccc3c(c1)OCO3)n2CC. The Morgan fingerprint density at radius 2 is 1.90 bits per heavy atom. The molecule has 0 amide bonds. The third-order valence-corrected chi connectivity index (χ3v) is 5.54. The number of nitrogens with zero attached hydrogens (tertiary/aromatic N) is 2. The zero-order chi connectivity index (χ0) is 20.4. The number of carbonyl (C=O) groups excluding carboxylic acids is 2. The van der Waals surface area contributed by atoms with Crippen molar-refractivity contribution in [2.75, 3.05) is 19.2 Å². The molecule has 29 heavy (non-hydrogen) atoms. The average molecular weight is 412 g/mol. The van der Waals surface area contributed by atoms with Crippen LogP contribution in [0.4, 0.5) is 0 Å². The molecule has 2 heterocycles. The lowest BCUT2D eigenvalue weighted by molar-refractivity contribution is 0.0526. The second-order valence-electron chi connectivity index (χ2n) is 6.34. The van der Waals surface area contributed by atoms with Crippen molar-refractivity contribution in [2.24, 2.45) is 0 Å². The van der Waals surface area contributed by atoms with Crippen LogP contribution in [0.3, 0.4) is 0 Å². The minimum absolute atomic E-state index is 0.0183. The second kappa shape index (κ2) is 8.16. The summed E-state index contributed by atoms with van der Waals surface area (Å²) in [7, 11) is 0. The number of esters is 1. The molecule has 150 valence electrons. The summed E-state index contributed by atoms with van der Waals surface area (Å²) in [6.45, 7) is 4.99. The van der Waals surface area contributed by atoms with Gasteiger partial charge in [-0.15, -0.1) is 0 Å². The highest BCUT2D eigenvalue weighted by molar-refractivity contribution is 7.99. The molecule has 0 fully saturated rings. The Labute approximate surface area is 172 Å². The number of hydrogen-bond donors (Lipinski definition) is 0. The zero-order valence-electron chi connectivity index (χ0n) is 16.1. The Morgan fingerprint density at radius 3 is 2.69 bits per heavy atom.